The largest absolute Gasteiger partial charge is 0.382 e. The van der Waals surface area contributed by atoms with Gasteiger partial charge < -0.3 is 10.1 Å². The van der Waals surface area contributed by atoms with E-state index in [2.05, 4.69) is 50.4 Å². The molecular formula is C16H27NO. The highest BCUT2D eigenvalue weighted by atomic mass is 16.5. The summed E-state index contributed by atoms with van der Waals surface area (Å²) in [6.45, 7) is 9.11. The van der Waals surface area contributed by atoms with E-state index >= 15 is 0 Å². The Kier molecular flexibility index (Phi) is 7.70. The van der Waals surface area contributed by atoms with E-state index in [-0.39, 0.29) is 0 Å². The third-order valence-electron chi connectivity index (χ3n) is 3.10. The van der Waals surface area contributed by atoms with Gasteiger partial charge in [-0.05, 0) is 45.2 Å². The Hall–Kier alpha value is -0.860. The molecule has 1 aromatic rings. The second kappa shape index (κ2) is 9.12. The molecule has 0 saturated heterocycles. The molecule has 2 heteroatoms. The van der Waals surface area contributed by atoms with E-state index in [0.717, 1.165) is 32.6 Å². The first-order valence-corrected chi connectivity index (χ1v) is 7.13. The lowest BCUT2D eigenvalue weighted by Crippen LogP contribution is -2.31. The van der Waals surface area contributed by atoms with Gasteiger partial charge in [-0.25, -0.2) is 0 Å². The molecule has 0 aliphatic rings. The van der Waals surface area contributed by atoms with Crippen LogP contribution in [0.2, 0.25) is 0 Å². The smallest absolute Gasteiger partial charge is 0.0466 e. The van der Waals surface area contributed by atoms with Crippen LogP contribution in [0.15, 0.2) is 24.3 Å². The molecule has 0 radical (unpaired) electrons. The van der Waals surface area contributed by atoms with Gasteiger partial charge in [0.1, 0.15) is 0 Å². The minimum Gasteiger partial charge on any atom is -0.382 e. The van der Waals surface area contributed by atoms with Crippen molar-refractivity contribution in [3.63, 3.8) is 0 Å². The molecule has 0 bridgehead atoms. The molecule has 102 valence electrons. The first-order chi connectivity index (χ1) is 8.76. The molecule has 0 aromatic heterocycles. The minimum atomic E-state index is 0.567. The molecule has 1 N–H and O–H groups in total. The Morgan fingerprint density at radius 2 is 2.11 bits per heavy atom. The van der Waals surface area contributed by atoms with Gasteiger partial charge in [0.15, 0.2) is 0 Å². The highest BCUT2D eigenvalue weighted by Crippen LogP contribution is 2.10. The SMILES string of the molecule is CCNC(CCCOCC)Cc1cccc(C)c1. The number of ether oxygens (including phenoxy) is 1. The van der Waals surface area contributed by atoms with E-state index in [4.69, 9.17) is 4.74 Å². The standard InChI is InChI=1S/C16H27NO/c1-4-17-16(10-7-11-18-5-2)13-15-9-6-8-14(3)12-15/h6,8-9,12,16-17H,4-5,7,10-11,13H2,1-3H3. The Morgan fingerprint density at radius 3 is 2.78 bits per heavy atom. The number of rotatable bonds is 9. The van der Waals surface area contributed by atoms with Crippen molar-refractivity contribution in [1.82, 2.24) is 5.32 Å². The van der Waals surface area contributed by atoms with Crippen molar-refractivity contribution in [3.8, 4) is 0 Å². The van der Waals surface area contributed by atoms with Crippen molar-refractivity contribution < 1.29 is 4.74 Å². The normalized spacial score (nSPS) is 12.6. The van der Waals surface area contributed by atoms with Crippen LogP contribution in [-0.2, 0) is 11.2 Å². The summed E-state index contributed by atoms with van der Waals surface area (Å²) in [5, 5.41) is 3.57. The molecule has 2 nitrogen and oxygen atoms in total. The van der Waals surface area contributed by atoms with E-state index < -0.39 is 0 Å². The second-order valence-corrected chi connectivity index (χ2v) is 4.79. The molecular weight excluding hydrogens is 222 g/mol. The van der Waals surface area contributed by atoms with E-state index in [9.17, 15) is 0 Å². The molecule has 0 aliphatic carbocycles. The van der Waals surface area contributed by atoms with Crippen LogP contribution in [0.5, 0.6) is 0 Å². The molecule has 0 fully saturated rings. The van der Waals surface area contributed by atoms with Crippen LogP contribution in [0, 0.1) is 6.92 Å². The first kappa shape index (κ1) is 15.2. The van der Waals surface area contributed by atoms with Crippen molar-refractivity contribution in [2.24, 2.45) is 0 Å². The lowest BCUT2D eigenvalue weighted by atomic mass is 10.0. The van der Waals surface area contributed by atoms with Crippen molar-refractivity contribution in [2.45, 2.75) is 46.1 Å². The number of benzene rings is 1. The van der Waals surface area contributed by atoms with Gasteiger partial charge in [0, 0.05) is 19.3 Å². The van der Waals surface area contributed by atoms with Gasteiger partial charge in [0.2, 0.25) is 0 Å². The number of hydrogen-bond acceptors (Lipinski definition) is 2. The van der Waals surface area contributed by atoms with Crippen LogP contribution < -0.4 is 5.32 Å². The van der Waals surface area contributed by atoms with Gasteiger partial charge in [-0.3, -0.25) is 0 Å². The van der Waals surface area contributed by atoms with Crippen LogP contribution in [0.1, 0.15) is 37.8 Å². The Labute approximate surface area is 112 Å². The number of aryl methyl sites for hydroxylation is 1. The Bertz CT molecular complexity index is 325. The summed E-state index contributed by atoms with van der Waals surface area (Å²) in [7, 11) is 0. The van der Waals surface area contributed by atoms with Gasteiger partial charge in [0.25, 0.3) is 0 Å². The molecule has 0 aliphatic heterocycles. The van der Waals surface area contributed by atoms with Crippen LogP contribution >= 0.6 is 0 Å². The summed E-state index contributed by atoms with van der Waals surface area (Å²) >= 11 is 0. The highest BCUT2D eigenvalue weighted by Gasteiger charge is 2.08. The van der Waals surface area contributed by atoms with Crippen LogP contribution in [-0.4, -0.2) is 25.8 Å². The molecule has 18 heavy (non-hydrogen) atoms. The molecule has 0 amide bonds. The monoisotopic (exact) mass is 249 g/mol. The fourth-order valence-corrected chi connectivity index (χ4v) is 2.26. The molecule has 1 atom stereocenters. The van der Waals surface area contributed by atoms with Gasteiger partial charge in [-0.1, -0.05) is 36.8 Å². The zero-order chi connectivity index (χ0) is 13.2. The maximum Gasteiger partial charge on any atom is 0.0466 e. The summed E-state index contributed by atoms with van der Waals surface area (Å²) < 4.78 is 5.40. The van der Waals surface area contributed by atoms with Gasteiger partial charge in [-0.2, -0.15) is 0 Å². The summed E-state index contributed by atoms with van der Waals surface area (Å²) in [5.74, 6) is 0. The predicted molar refractivity (Wildman–Crippen MR) is 78.1 cm³/mol. The molecule has 1 aromatic carbocycles. The summed E-state index contributed by atoms with van der Waals surface area (Å²) in [6, 6.07) is 9.37. The zero-order valence-electron chi connectivity index (χ0n) is 12.0. The van der Waals surface area contributed by atoms with Crippen LogP contribution in [0.25, 0.3) is 0 Å². The maximum absolute atomic E-state index is 5.40. The lowest BCUT2D eigenvalue weighted by molar-refractivity contribution is 0.141. The lowest BCUT2D eigenvalue weighted by Gasteiger charge is -2.18. The van der Waals surface area contributed by atoms with Crippen molar-refractivity contribution in [1.29, 1.82) is 0 Å². The number of nitrogens with one attached hydrogen (secondary N) is 1. The van der Waals surface area contributed by atoms with Crippen molar-refractivity contribution in [3.05, 3.63) is 35.4 Å². The number of hydrogen-bond donors (Lipinski definition) is 1. The fraction of sp³-hybridized carbons (Fsp3) is 0.625. The molecule has 1 rings (SSSR count). The quantitative estimate of drug-likeness (QED) is 0.678. The summed E-state index contributed by atoms with van der Waals surface area (Å²) in [4.78, 5) is 0. The molecule has 0 saturated carbocycles. The molecule has 1 unspecified atom stereocenters. The van der Waals surface area contributed by atoms with E-state index in [1.165, 1.54) is 17.5 Å². The van der Waals surface area contributed by atoms with E-state index in [1.807, 2.05) is 0 Å². The van der Waals surface area contributed by atoms with Gasteiger partial charge in [0.05, 0.1) is 0 Å². The van der Waals surface area contributed by atoms with E-state index in [0.29, 0.717) is 6.04 Å². The topological polar surface area (TPSA) is 21.3 Å². The van der Waals surface area contributed by atoms with Crippen molar-refractivity contribution >= 4 is 0 Å². The molecule has 0 spiro atoms. The van der Waals surface area contributed by atoms with Gasteiger partial charge >= 0.3 is 0 Å². The average Bonchev–Trinajstić information content (AvgIpc) is 2.35. The fourth-order valence-electron chi connectivity index (χ4n) is 2.26. The van der Waals surface area contributed by atoms with E-state index in [1.54, 1.807) is 0 Å². The average molecular weight is 249 g/mol. The van der Waals surface area contributed by atoms with Crippen LogP contribution in [0.4, 0.5) is 0 Å². The molecule has 0 heterocycles. The third-order valence-corrected chi connectivity index (χ3v) is 3.10. The second-order valence-electron chi connectivity index (χ2n) is 4.79. The summed E-state index contributed by atoms with van der Waals surface area (Å²) in [5.41, 5.74) is 2.77. The maximum atomic E-state index is 5.40. The first-order valence-electron chi connectivity index (χ1n) is 7.13. The summed E-state index contributed by atoms with van der Waals surface area (Å²) in [6.07, 6.45) is 3.43. The van der Waals surface area contributed by atoms with Crippen LogP contribution in [0.3, 0.4) is 0 Å². The highest BCUT2D eigenvalue weighted by molar-refractivity contribution is 5.22. The zero-order valence-corrected chi connectivity index (χ0v) is 12.0. The Balaban J connectivity index is 2.41. The number of likely N-dealkylation sites (N-methyl/N-ethyl adjacent to an activating group) is 1. The van der Waals surface area contributed by atoms with Crippen molar-refractivity contribution in [2.75, 3.05) is 19.8 Å². The minimum absolute atomic E-state index is 0.567. The Morgan fingerprint density at radius 1 is 1.28 bits per heavy atom. The predicted octanol–water partition coefficient (Wildman–Crippen LogP) is 3.33. The third kappa shape index (κ3) is 6.18. The van der Waals surface area contributed by atoms with Gasteiger partial charge in [-0.15, -0.1) is 0 Å².